The molecule has 0 fully saturated rings. The lowest BCUT2D eigenvalue weighted by molar-refractivity contribution is -0.458. The van der Waals surface area contributed by atoms with Crippen molar-refractivity contribution in [3.63, 3.8) is 0 Å². The van der Waals surface area contributed by atoms with Gasteiger partial charge in [-0.1, -0.05) is 0 Å². The van der Waals surface area contributed by atoms with Gasteiger partial charge in [-0.2, -0.15) is 4.79 Å². The van der Waals surface area contributed by atoms with Crippen molar-refractivity contribution in [1.29, 1.82) is 0 Å². The summed E-state index contributed by atoms with van der Waals surface area (Å²) in [5, 5.41) is 0. The van der Waals surface area contributed by atoms with E-state index >= 15 is 0 Å². The van der Waals surface area contributed by atoms with Crippen molar-refractivity contribution < 1.29 is 14.1 Å². The standard InChI is InChI=1S/C8H9BrNO2/c1-2-12-7-3-4-8(9)10(5-7)6-11/h3-5,8H,2H2,1H3/q+1. The number of halogens is 1. The van der Waals surface area contributed by atoms with Crippen LogP contribution in [0, 0.1) is 0 Å². The first-order valence-electron chi connectivity index (χ1n) is 3.61. The molecular weight excluding hydrogens is 222 g/mol. The van der Waals surface area contributed by atoms with E-state index in [9.17, 15) is 4.79 Å². The molecule has 1 aliphatic heterocycles. The Hall–Kier alpha value is -0.860. The Morgan fingerprint density at radius 3 is 3.17 bits per heavy atom. The number of alkyl halides is 1. The Kier molecular flexibility index (Phi) is 3.26. The number of ether oxygens (including phenoxy) is 1. The average Bonchev–Trinajstić information content (AvgIpc) is 2.09. The Morgan fingerprint density at radius 2 is 2.58 bits per heavy atom. The van der Waals surface area contributed by atoms with E-state index in [1.54, 1.807) is 12.3 Å². The fourth-order valence-corrected chi connectivity index (χ4v) is 1.20. The predicted molar refractivity (Wildman–Crippen MR) is 47.5 cm³/mol. The highest BCUT2D eigenvalue weighted by Crippen LogP contribution is 2.13. The van der Waals surface area contributed by atoms with Crippen LogP contribution in [-0.2, 0) is 9.53 Å². The molecule has 4 heteroatoms. The molecule has 0 amide bonds. The van der Waals surface area contributed by atoms with Gasteiger partial charge in [0.1, 0.15) is 0 Å². The molecule has 1 aliphatic rings. The number of hydrogen-bond donors (Lipinski definition) is 0. The first-order valence-corrected chi connectivity index (χ1v) is 4.52. The highest BCUT2D eigenvalue weighted by molar-refractivity contribution is 9.09. The molecule has 0 saturated carbocycles. The van der Waals surface area contributed by atoms with Crippen LogP contribution in [0.5, 0.6) is 0 Å². The molecule has 0 N–H and O–H groups in total. The molecule has 0 bridgehead atoms. The van der Waals surface area contributed by atoms with Gasteiger partial charge in [-0.25, -0.2) is 0 Å². The molecule has 0 saturated heterocycles. The third-order valence-electron chi connectivity index (χ3n) is 1.37. The molecule has 0 aromatic carbocycles. The molecule has 1 heterocycles. The molecule has 0 aliphatic carbocycles. The molecule has 0 aromatic rings. The van der Waals surface area contributed by atoms with Gasteiger partial charge in [0.25, 0.3) is 0 Å². The van der Waals surface area contributed by atoms with Crippen LogP contribution in [0.4, 0.5) is 0 Å². The monoisotopic (exact) mass is 230 g/mol. The molecule has 12 heavy (non-hydrogen) atoms. The molecule has 1 rings (SSSR count). The second kappa shape index (κ2) is 4.24. The average molecular weight is 231 g/mol. The van der Waals surface area contributed by atoms with Gasteiger partial charge in [-0.15, -0.1) is 4.58 Å². The van der Waals surface area contributed by atoms with Gasteiger partial charge < -0.3 is 4.74 Å². The number of isocyanates is 1. The van der Waals surface area contributed by atoms with E-state index in [1.165, 1.54) is 4.58 Å². The van der Waals surface area contributed by atoms with Crippen LogP contribution >= 0.6 is 15.9 Å². The maximum absolute atomic E-state index is 10.4. The number of allylic oxidation sites excluding steroid dienone is 1. The van der Waals surface area contributed by atoms with E-state index in [-0.39, 0.29) is 4.95 Å². The molecule has 64 valence electrons. The minimum absolute atomic E-state index is 0.112. The smallest absolute Gasteiger partial charge is 0.431 e. The lowest BCUT2D eigenvalue weighted by Gasteiger charge is -2.06. The van der Waals surface area contributed by atoms with Crippen LogP contribution in [0.25, 0.3) is 0 Å². The molecular formula is C8H9BrNO2+. The minimum atomic E-state index is -0.112. The van der Waals surface area contributed by atoms with E-state index in [4.69, 9.17) is 4.74 Å². The first kappa shape index (κ1) is 9.23. The topological polar surface area (TPSA) is 29.3 Å². The van der Waals surface area contributed by atoms with Crippen LogP contribution in [0.1, 0.15) is 6.92 Å². The summed E-state index contributed by atoms with van der Waals surface area (Å²) >= 11 is 3.27. The number of hydrogen-bond acceptors (Lipinski definition) is 2. The summed E-state index contributed by atoms with van der Waals surface area (Å²) < 4.78 is 6.56. The normalized spacial score (nSPS) is 21.7. The molecule has 1 atom stereocenters. The van der Waals surface area contributed by atoms with E-state index < -0.39 is 0 Å². The fraction of sp³-hybridized carbons (Fsp3) is 0.375. The highest BCUT2D eigenvalue weighted by atomic mass is 79.9. The predicted octanol–water partition coefficient (Wildman–Crippen LogP) is 1.50. The summed E-state index contributed by atoms with van der Waals surface area (Å²) in [6.45, 7) is 2.49. The van der Waals surface area contributed by atoms with Crippen molar-refractivity contribution in [3.8, 4) is 0 Å². The third-order valence-corrected chi connectivity index (χ3v) is 2.11. The fourth-order valence-electron chi connectivity index (χ4n) is 0.847. The Balaban J connectivity index is 2.81. The Labute approximate surface area is 79.2 Å². The SMILES string of the molecule is CCOC1=C[N+](=C=O)C(Br)C=C1. The van der Waals surface area contributed by atoms with Gasteiger partial charge in [0.05, 0.1) is 6.61 Å². The zero-order valence-corrected chi connectivity index (χ0v) is 8.24. The van der Waals surface area contributed by atoms with Crippen molar-refractivity contribution in [2.75, 3.05) is 6.61 Å². The lowest BCUT2D eigenvalue weighted by Crippen LogP contribution is -2.16. The van der Waals surface area contributed by atoms with Gasteiger partial charge in [0.15, 0.2) is 5.76 Å². The van der Waals surface area contributed by atoms with Crippen LogP contribution in [0.15, 0.2) is 24.1 Å². The summed E-state index contributed by atoms with van der Waals surface area (Å²) in [5.41, 5.74) is 0. The molecule has 3 nitrogen and oxygen atoms in total. The lowest BCUT2D eigenvalue weighted by atomic mass is 10.3. The molecule has 0 radical (unpaired) electrons. The van der Waals surface area contributed by atoms with E-state index in [0.29, 0.717) is 12.4 Å². The summed E-state index contributed by atoms with van der Waals surface area (Å²) in [4.78, 5) is 10.2. The second-order valence-electron chi connectivity index (χ2n) is 2.19. The van der Waals surface area contributed by atoms with Crippen molar-refractivity contribution in [3.05, 3.63) is 24.1 Å². The van der Waals surface area contributed by atoms with Crippen LogP contribution in [0.3, 0.4) is 0 Å². The van der Waals surface area contributed by atoms with Crippen LogP contribution in [-0.4, -0.2) is 22.2 Å². The largest absolute Gasteiger partial charge is 0.488 e. The van der Waals surface area contributed by atoms with Gasteiger partial charge in [-0.3, -0.25) is 0 Å². The van der Waals surface area contributed by atoms with Crippen molar-refractivity contribution >= 4 is 22.0 Å². The van der Waals surface area contributed by atoms with Crippen LogP contribution < -0.4 is 0 Å². The van der Waals surface area contributed by atoms with Crippen molar-refractivity contribution in [2.24, 2.45) is 0 Å². The number of nitrogens with zero attached hydrogens (tertiary/aromatic N) is 1. The first-order chi connectivity index (χ1) is 5.77. The van der Waals surface area contributed by atoms with Crippen molar-refractivity contribution in [2.45, 2.75) is 11.9 Å². The van der Waals surface area contributed by atoms with Gasteiger partial charge >= 0.3 is 6.08 Å². The van der Waals surface area contributed by atoms with Crippen molar-refractivity contribution in [1.82, 2.24) is 0 Å². The zero-order valence-electron chi connectivity index (χ0n) is 6.66. The maximum Gasteiger partial charge on any atom is 0.431 e. The third kappa shape index (κ3) is 2.06. The maximum atomic E-state index is 10.4. The number of rotatable bonds is 2. The van der Waals surface area contributed by atoms with Crippen LogP contribution in [0.2, 0.25) is 0 Å². The molecule has 1 unspecified atom stereocenters. The van der Waals surface area contributed by atoms with Gasteiger partial charge in [-0.05, 0) is 35.0 Å². The van der Waals surface area contributed by atoms with E-state index in [1.807, 2.05) is 19.1 Å². The quantitative estimate of drug-likeness (QED) is 0.312. The second-order valence-corrected chi connectivity index (χ2v) is 3.13. The summed E-state index contributed by atoms with van der Waals surface area (Å²) in [6.07, 6.45) is 7.01. The Bertz CT molecular complexity index is 277. The highest BCUT2D eigenvalue weighted by Gasteiger charge is 2.18. The number of carbonyl (C=O) groups excluding carboxylic acids is 1. The van der Waals surface area contributed by atoms with E-state index in [0.717, 1.165) is 0 Å². The molecule has 0 spiro atoms. The van der Waals surface area contributed by atoms with Gasteiger partial charge in [0.2, 0.25) is 11.2 Å². The summed E-state index contributed by atoms with van der Waals surface area (Å²) in [6, 6.07) is 0. The Morgan fingerprint density at radius 1 is 1.83 bits per heavy atom. The summed E-state index contributed by atoms with van der Waals surface area (Å²) in [7, 11) is 0. The summed E-state index contributed by atoms with van der Waals surface area (Å²) in [5.74, 6) is 0.677. The van der Waals surface area contributed by atoms with Gasteiger partial charge in [0, 0.05) is 0 Å². The minimum Gasteiger partial charge on any atom is -0.488 e. The zero-order chi connectivity index (χ0) is 8.97. The van der Waals surface area contributed by atoms with E-state index in [2.05, 4.69) is 15.9 Å². The molecule has 0 aromatic heterocycles.